The molecule has 1 N–H and O–H groups in total. The lowest BCUT2D eigenvalue weighted by Crippen LogP contribution is -2.54. The third-order valence-electron chi connectivity index (χ3n) is 7.80. The van der Waals surface area contributed by atoms with Crippen molar-refractivity contribution < 1.29 is 14.4 Å². The van der Waals surface area contributed by atoms with E-state index in [1.165, 1.54) is 4.90 Å². The molecule has 3 amide bonds. The molecule has 0 radical (unpaired) electrons. The van der Waals surface area contributed by atoms with Gasteiger partial charge in [-0.15, -0.1) is 0 Å². The molecule has 0 bridgehead atoms. The Morgan fingerprint density at radius 2 is 1.75 bits per heavy atom. The number of nitrogens with one attached hydrogen (secondary N) is 1. The van der Waals surface area contributed by atoms with Crippen molar-refractivity contribution in [3.05, 3.63) is 57.1 Å². The van der Waals surface area contributed by atoms with Crippen molar-refractivity contribution in [1.29, 1.82) is 0 Å². The van der Waals surface area contributed by atoms with Gasteiger partial charge in [-0.1, -0.05) is 35.3 Å². The average molecular weight is 470 g/mol. The van der Waals surface area contributed by atoms with Crippen molar-refractivity contribution in [2.45, 2.75) is 38.3 Å². The number of amides is 3. The second kappa shape index (κ2) is 6.56. The molecule has 6 nitrogen and oxygen atoms in total. The van der Waals surface area contributed by atoms with E-state index >= 15 is 0 Å². The van der Waals surface area contributed by atoms with Gasteiger partial charge >= 0.3 is 0 Å². The summed E-state index contributed by atoms with van der Waals surface area (Å²) in [5.74, 6) is -2.23. The van der Waals surface area contributed by atoms with Crippen LogP contribution in [0.4, 0.5) is 11.4 Å². The van der Waals surface area contributed by atoms with Gasteiger partial charge in [-0.2, -0.15) is 0 Å². The molecule has 0 unspecified atom stereocenters. The monoisotopic (exact) mass is 469 g/mol. The summed E-state index contributed by atoms with van der Waals surface area (Å²) in [5.41, 5.74) is 2.80. The van der Waals surface area contributed by atoms with E-state index in [0.717, 1.165) is 35.2 Å². The van der Waals surface area contributed by atoms with E-state index in [4.69, 9.17) is 23.2 Å². The maximum absolute atomic E-state index is 13.9. The highest BCUT2D eigenvalue weighted by Crippen LogP contribution is 2.61. The van der Waals surface area contributed by atoms with Crippen molar-refractivity contribution in [2.75, 3.05) is 16.8 Å². The number of rotatable bonds is 1. The van der Waals surface area contributed by atoms with Crippen LogP contribution in [-0.2, 0) is 19.9 Å². The number of aryl methyl sites for hydroxylation is 1. The molecule has 164 valence electrons. The number of halogens is 2. The normalized spacial score (nSPS) is 30.8. The second-order valence-corrected chi connectivity index (χ2v) is 10.1. The van der Waals surface area contributed by atoms with E-state index in [-0.39, 0.29) is 23.8 Å². The Bertz CT molecular complexity index is 1220. The molecule has 8 heteroatoms. The molecule has 0 saturated carbocycles. The molecule has 2 aromatic carbocycles. The van der Waals surface area contributed by atoms with E-state index < -0.39 is 17.4 Å². The fraction of sp³-hybridized carbons (Fsp3) is 0.375. The minimum Gasteiger partial charge on any atom is -0.324 e. The topological polar surface area (TPSA) is 69.7 Å². The van der Waals surface area contributed by atoms with Crippen molar-refractivity contribution in [3.63, 3.8) is 0 Å². The van der Waals surface area contributed by atoms with Crippen LogP contribution in [0, 0.1) is 25.7 Å². The van der Waals surface area contributed by atoms with Gasteiger partial charge in [0.05, 0.1) is 17.5 Å². The molecule has 32 heavy (non-hydrogen) atoms. The van der Waals surface area contributed by atoms with Gasteiger partial charge in [0, 0.05) is 27.3 Å². The lowest BCUT2D eigenvalue weighted by Gasteiger charge is -2.36. The summed E-state index contributed by atoms with van der Waals surface area (Å²) in [4.78, 5) is 44.7. The predicted molar refractivity (Wildman–Crippen MR) is 122 cm³/mol. The van der Waals surface area contributed by atoms with E-state index in [1.54, 1.807) is 18.2 Å². The van der Waals surface area contributed by atoms with Crippen molar-refractivity contribution in [2.24, 2.45) is 11.8 Å². The number of anilines is 2. The minimum atomic E-state index is -1.18. The van der Waals surface area contributed by atoms with Gasteiger partial charge in [0.2, 0.25) is 17.7 Å². The molecule has 4 aliphatic heterocycles. The first kappa shape index (κ1) is 20.2. The number of nitrogens with zero attached hydrogens (tertiary/aromatic N) is 2. The highest BCUT2D eigenvalue weighted by molar-refractivity contribution is 6.36. The molecule has 0 aromatic heterocycles. The smallest absolute Gasteiger partial charge is 0.250 e. The molecule has 6 rings (SSSR count). The number of benzene rings is 2. The van der Waals surface area contributed by atoms with Gasteiger partial charge in [-0.3, -0.25) is 19.3 Å². The van der Waals surface area contributed by atoms with Crippen LogP contribution in [0.3, 0.4) is 0 Å². The Morgan fingerprint density at radius 3 is 2.47 bits per heavy atom. The van der Waals surface area contributed by atoms with E-state index in [0.29, 0.717) is 22.3 Å². The minimum absolute atomic E-state index is 0.158. The predicted octanol–water partition coefficient (Wildman–Crippen LogP) is 4.04. The zero-order chi connectivity index (χ0) is 22.5. The van der Waals surface area contributed by atoms with Crippen LogP contribution in [-0.4, -0.2) is 35.2 Å². The van der Waals surface area contributed by atoms with E-state index in [2.05, 4.69) is 10.2 Å². The summed E-state index contributed by atoms with van der Waals surface area (Å²) in [6.45, 7) is 4.65. The number of fused-ring (bicyclic) bond motifs is 7. The van der Waals surface area contributed by atoms with Gasteiger partial charge in [-0.05, 0) is 62.6 Å². The van der Waals surface area contributed by atoms with Gasteiger partial charge in [0.25, 0.3) is 0 Å². The van der Waals surface area contributed by atoms with Gasteiger partial charge in [-0.25, -0.2) is 4.90 Å². The maximum Gasteiger partial charge on any atom is 0.250 e. The maximum atomic E-state index is 13.9. The fourth-order valence-corrected chi connectivity index (χ4v) is 6.96. The Morgan fingerprint density at radius 1 is 1.03 bits per heavy atom. The molecule has 2 aromatic rings. The standard InChI is InChI=1S/C24H21Cl2N3O3/c1-11-5-6-16-20(12(11)2)27-23(32)24(16)19-18(17-4-3-7-28(17)24)21(30)29(22(19)31)15-9-13(25)8-14(26)10-15/h5-6,8-10,17-19H,3-4,7H2,1-2H3,(H,27,32)/t17-,18+,19-,24+/m0/s1. The van der Waals surface area contributed by atoms with Crippen LogP contribution in [0.25, 0.3) is 0 Å². The molecule has 0 aliphatic carbocycles. The number of hydrogen-bond donors (Lipinski definition) is 1. The van der Waals surface area contributed by atoms with Crippen molar-refractivity contribution in [3.8, 4) is 0 Å². The molecule has 4 aliphatic rings. The molecule has 4 heterocycles. The van der Waals surface area contributed by atoms with Crippen LogP contribution in [0.15, 0.2) is 30.3 Å². The summed E-state index contributed by atoms with van der Waals surface area (Å²) < 4.78 is 0. The zero-order valence-electron chi connectivity index (χ0n) is 17.6. The molecule has 3 saturated heterocycles. The summed E-state index contributed by atoms with van der Waals surface area (Å²) in [6, 6.07) is 8.48. The Balaban J connectivity index is 1.57. The lowest BCUT2D eigenvalue weighted by molar-refractivity contribution is -0.135. The summed E-state index contributed by atoms with van der Waals surface area (Å²) in [7, 11) is 0. The third kappa shape index (κ3) is 2.28. The number of hydrogen-bond acceptors (Lipinski definition) is 4. The number of carbonyl (C=O) groups is 3. The zero-order valence-corrected chi connectivity index (χ0v) is 19.1. The SMILES string of the molecule is Cc1ccc2c(c1C)NC(=O)[C@]21[C@@H]2C(=O)N(c3cc(Cl)cc(Cl)c3)C(=O)[C@@H]2[C@@H]2CCCN21. The Kier molecular flexibility index (Phi) is 4.15. The number of carbonyl (C=O) groups excluding carboxylic acids is 3. The van der Waals surface area contributed by atoms with Gasteiger partial charge in [0.15, 0.2) is 0 Å². The van der Waals surface area contributed by atoms with Gasteiger partial charge < -0.3 is 5.32 Å². The van der Waals surface area contributed by atoms with Crippen LogP contribution in [0.2, 0.25) is 10.0 Å². The Hall–Kier alpha value is -2.41. The first-order chi connectivity index (χ1) is 15.3. The Labute approximate surface area is 195 Å². The largest absolute Gasteiger partial charge is 0.324 e. The number of imide groups is 1. The lowest BCUT2D eigenvalue weighted by atomic mass is 9.75. The highest BCUT2D eigenvalue weighted by Gasteiger charge is 2.74. The average Bonchev–Trinajstić information content (AvgIpc) is 3.43. The second-order valence-electron chi connectivity index (χ2n) is 9.20. The summed E-state index contributed by atoms with van der Waals surface area (Å²) >= 11 is 12.3. The van der Waals surface area contributed by atoms with Crippen molar-refractivity contribution >= 4 is 52.3 Å². The highest BCUT2D eigenvalue weighted by atomic mass is 35.5. The van der Waals surface area contributed by atoms with Crippen LogP contribution in [0.5, 0.6) is 0 Å². The summed E-state index contributed by atoms with van der Waals surface area (Å²) in [6.07, 6.45) is 1.66. The molecule has 1 spiro atoms. The first-order valence-electron chi connectivity index (χ1n) is 10.8. The van der Waals surface area contributed by atoms with E-state index in [1.807, 2.05) is 26.0 Å². The fourth-order valence-electron chi connectivity index (χ4n) is 6.44. The third-order valence-corrected chi connectivity index (χ3v) is 8.24. The summed E-state index contributed by atoms with van der Waals surface area (Å²) in [5, 5.41) is 3.76. The molecular formula is C24H21Cl2N3O3. The van der Waals surface area contributed by atoms with Crippen molar-refractivity contribution in [1.82, 2.24) is 4.90 Å². The van der Waals surface area contributed by atoms with Gasteiger partial charge in [0.1, 0.15) is 5.54 Å². The first-order valence-corrected chi connectivity index (χ1v) is 11.5. The molecule has 3 fully saturated rings. The van der Waals surface area contributed by atoms with Crippen LogP contribution in [0.1, 0.15) is 29.5 Å². The quantitative estimate of drug-likeness (QED) is 0.639. The molecule has 4 atom stereocenters. The van der Waals surface area contributed by atoms with E-state index in [9.17, 15) is 14.4 Å². The van der Waals surface area contributed by atoms with Crippen LogP contribution >= 0.6 is 23.2 Å². The molecular weight excluding hydrogens is 449 g/mol. The van der Waals surface area contributed by atoms with Crippen LogP contribution < -0.4 is 10.2 Å².